The number of fused-ring (bicyclic) bond motifs is 1. The highest BCUT2D eigenvalue weighted by Crippen LogP contribution is 2.32. The smallest absolute Gasteiger partial charge is 0.354 e. The molecule has 1 unspecified atom stereocenters. The zero-order chi connectivity index (χ0) is 27.7. The summed E-state index contributed by atoms with van der Waals surface area (Å²) in [6.45, 7) is 4.36. The number of carboxylic acid groups (broad SMARTS) is 1. The van der Waals surface area contributed by atoms with Gasteiger partial charge >= 0.3 is 5.97 Å². The van der Waals surface area contributed by atoms with E-state index < -0.39 is 11.9 Å². The van der Waals surface area contributed by atoms with E-state index in [0.29, 0.717) is 11.1 Å². The third kappa shape index (κ3) is 5.50. The van der Waals surface area contributed by atoms with E-state index in [1.165, 1.54) is 17.8 Å². The van der Waals surface area contributed by atoms with Crippen LogP contribution in [0.4, 0.5) is 0 Å². The fourth-order valence-electron chi connectivity index (χ4n) is 4.48. The number of rotatable bonds is 7. The quantitative estimate of drug-likeness (QED) is 0.203. The summed E-state index contributed by atoms with van der Waals surface area (Å²) in [6.07, 6.45) is 1.39. The van der Waals surface area contributed by atoms with Crippen molar-refractivity contribution in [3.63, 3.8) is 0 Å². The molecule has 0 bridgehead atoms. The maximum atomic E-state index is 13.3. The minimum atomic E-state index is -1.15. The van der Waals surface area contributed by atoms with Crippen LogP contribution in [0.15, 0.2) is 72.9 Å². The topological polar surface area (TPSA) is 108 Å². The summed E-state index contributed by atoms with van der Waals surface area (Å²) in [4.78, 5) is 36.7. The molecule has 2 heterocycles. The van der Waals surface area contributed by atoms with Crippen molar-refractivity contribution in [1.82, 2.24) is 20.3 Å². The van der Waals surface area contributed by atoms with Crippen molar-refractivity contribution in [1.29, 1.82) is 0 Å². The Morgan fingerprint density at radius 3 is 2.33 bits per heavy atom. The number of carboxylic acids is 1. The zero-order valence-corrected chi connectivity index (χ0v) is 22.6. The molecule has 0 radical (unpaired) electrons. The second-order valence-corrected chi connectivity index (χ2v) is 10.1. The first-order valence-corrected chi connectivity index (χ1v) is 13.0. The van der Waals surface area contributed by atoms with E-state index in [2.05, 4.69) is 41.3 Å². The van der Waals surface area contributed by atoms with Gasteiger partial charge in [0.15, 0.2) is 0 Å². The summed E-state index contributed by atoms with van der Waals surface area (Å²) in [5, 5.41) is 12.5. The number of hydrogen-bond acceptors (Lipinski definition) is 4. The van der Waals surface area contributed by atoms with Crippen LogP contribution in [0, 0.1) is 13.8 Å². The first kappa shape index (κ1) is 26.4. The molecule has 0 saturated heterocycles. The second-order valence-electron chi connectivity index (χ2n) is 9.30. The average Bonchev–Trinajstić information content (AvgIpc) is 3.31. The maximum Gasteiger partial charge on any atom is 0.354 e. The lowest BCUT2D eigenvalue weighted by atomic mass is 9.98. The van der Waals surface area contributed by atoms with Crippen LogP contribution in [0.25, 0.3) is 22.2 Å². The second kappa shape index (κ2) is 10.9. The number of aromatic amines is 1. The summed E-state index contributed by atoms with van der Waals surface area (Å²) in [7, 11) is 0. The Hall–Kier alpha value is -4.20. The van der Waals surface area contributed by atoms with Gasteiger partial charge in [-0.15, -0.1) is 0 Å². The fourth-order valence-corrected chi connectivity index (χ4v) is 5.14. The molecule has 0 fully saturated rings. The Kier molecular flexibility index (Phi) is 7.37. The van der Waals surface area contributed by atoms with E-state index in [9.17, 15) is 14.7 Å². The summed E-state index contributed by atoms with van der Waals surface area (Å²) < 4.78 is 0. The van der Waals surface area contributed by atoms with Crippen molar-refractivity contribution in [2.24, 2.45) is 0 Å². The predicted octanol–water partition coefficient (Wildman–Crippen LogP) is 6.81. The average molecular weight is 559 g/mol. The molecule has 1 amide bonds. The number of nitrogens with zero attached hydrogens (tertiary/aromatic N) is 2. The molecule has 39 heavy (non-hydrogen) atoms. The molecule has 3 aromatic carbocycles. The normalized spacial score (nSPS) is 11.9. The van der Waals surface area contributed by atoms with E-state index in [1.54, 1.807) is 18.2 Å². The van der Waals surface area contributed by atoms with Gasteiger partial charge in [-0.2, -0.15) is 0 Å². The Morgan fingerprint density at radius 1 is 0.949 bits per heavy atom. The first-order valence-electron chi connectivity index (χ1n) is 12.2. The largest absolute Gasteiger partial charge is 0.477 e. The van der Waals surface area contributed by atoms with Crippen molar-refractivity contribution < 1.29 is 14.7 Å². The van der Waals surface area contributed by atoms with E-state index in [1.807, 2.05) is 30.3 Å². The number of aromatic carboxylic acids is 1. The van der Waals surface area contributed by atoms with Gasteiger partial charge in [0.25, 0.3) is 5.91 Å². The van der Waals surface area contributed by atoms with Crippen molar-refractivity contribution in [2.45, 2.75) is 19.8 Å². The molecule has 0 aliphatic heterocycles. The van der Waals surface area contributed by atoms with Gasteiger partial charge in [-0.1, -0.05) is 53.5 Å². The molecule has 196 valence electrons. The van der Waals surface area contributed by atoms with Gasteiger partial charge in [0.05, 0.1) is 32.6 Å². The molecule has 0 aliphatic carbocycles. The summed E-state index contributed by atoms with van der Waals surface area (Å²) in [5.74, 6) is -1.08. The molecule has 2 aromatic heterocycles. The Morgan fingerprint density at radius 2 is 1.64 bits per heavy atom. The third-order valence-corrected chi connectivity index (χ3v) is 7.29. The number of carbonyl (C=O) groups is 2. The lowest BCUT2D eigenvalue weighted by molar-refractivity contribution is 0.0690. The van der Waals surface area contributed by atoms with Gasteiger partial charge in [0, 0.05) is 12.7 Å². The van der Waals surface area contributed by atoms with Gasteiger partial charge in [0.2, 0.25) is 0 Å². The van der Waals surface area contributed by atoms with Crippen molar-refractivity contribution >= 4 is 46.1 Å². The van der Waals surface area contributed by atoms with Crippen molar-refractivity contribution in [3.8, 4) is 11.1 Å². The number of aromatic nitrogens is 3. The van der Waals surface area contributed by atoms with Crippen LogP contribution in [0.2, 0.25) is 10.0 Å². The number of imidazole rings is 1. The third-order valence-electron chi connectivity index (χ3n) is 6.70. The van der Waals surface area contributed by atoms with Gasteiger partial charge in [-0.3, -0.25) is 4.79 Å². The van der Waals surface area contributed by atoms with E-state index >= 15 is 0 Å². The van der Waals surface area contributed by atoms with Crippen LogP contribution >= 0.6 is 23.2 Å². The highest BCUT2D eigenvalue weighted by atomic mass is 35.5. The first-order chi connectivity index (χ1) is 18.7. The Bertz CT molecular complexity index is 1650. The maximum absolute atomic E-state index is 13.3. The molecule has 9 heteroatoms. The molecule has 0 aliphatic rings. The van der Waals surface area contributed by atoms with Crippen LogP contribution in [-0.2, 0) is 0 Å². The van der Waals surface area contributed by atoms with Crippen LogP contribution in [-0.4, -0.2) is 38.5 Å². The lowest BCUT2D eigenvalue weighted by Gasteiger charge is -2.17. The van der Waals surface area contributed by atoms with E-state index in [0.717, 1.165) is 28.0 Å². The number of pyridine rings is 1. The fraction of sp³-hybridized carbons (Fsp3) is 0.133. The summed E-state index contributed by atoms with van der Waals surface area (Å²) in [6, 6.07) is 20.2. The van der Waals surface area contributed by atoms with Gasteiger partial charge in [-0.05, 0) is 78.1 Å². The summed E-state index contributed by atoms with van der Waals surface area (Å²) >= 11 is 13.0. The zero-order valence-electron chi connectivity index (χ0n) is 21.1. The molecule has 0 spiro atoms. The molecule has 7 nitrogen and oxygen atoms in total. The molecular weight excluding hydrogens is 535 g/mol. The SMILES string of the molecule is Cc1cc2nc(C(CNC(=O)c3c(Cl)cc(-c4ccnc(C(=O)O)c4)cc3Cl)c3ccccc3)[nH]c2cc1C. The number of benzene rings is 3. The van der Waals surface area contributed by atoms with Crippen molar-refractivity contribution in [3.05, 3.63) is 117 Å². The minimum absolute atomic E-state index is 0.107. The minimum Gasteiger partial charge on any atom is -0.477 e. The number of halogens is 2. The monoisotopic (exact) mass is 558 g/mol. The lowest BCUT2D eigenvalue weighted by Crippen LogP contribution is -2.29. The molecule has 0 saturated carbocycles. The molecule has 1 atom stereocenters. The highest BCUT2D eigenvalue weighted by molar-refractivity contribution is 6.40. The number of H-pyrrole nitrogens is 1. The number of amides is 1. The number of carbonyl (C=O) groups excluding carboxylic acids is 1. The predicted molar refractivity (Wildman–Crippen MR) is 153 cm³/mol. The van der Waals surface area contributed by atoms with Crippen molar-refractivity contribution in [2.75, 3.05) is 6.54 Å². The van der Waals surface area contributed by atoms with Gasteiger partial charge < -0.3 is 15.4 Å². The van der Waals surface area contributed by atoms with Crippen LogP contribution < -0.4 is 5.32 Å². The van der Waals surface area contributed by atoms with Crippen LogP contribution in [0.1, 0.15) is 49.3 Å². The number of hydrogen-bond donors (Lipinski definition) is 3. The van der Waals surface area contributed by atoms with Gasteiger partial charge in [-0.25, -0.2) is 14.8 Å². The number of aryl methyl sites for hydroxylation is 2. The van der Waals surface area contributed by atoms with E-state index in [4.69, 9.17) is 28.2 Å². The molecule has 5 aromatic rings. The molecular formula is C30H24Cl2N4O3. The highest BCUT2D eigenvalue weighted by Gasteiger charge is 2.22. The molecule has 3 N–H and O–H groups in total. The summed E-state index contributed by atoms with van der Waals surface area (Å²) in [5.41, 5.74) is 6.28. The standard InChI is InChI=1S/C30H24Cl2N4O3/c1-16-10-24-25(11-17(16)2)36-28(35-24)21(18-6-4-3-5-7-18)15-34-29(37)27-22(31)12-20(13-23(27)32)19-8-9-33-26(14-19)30(38)39/h3-14,21H,15H2,1-2H3,(H,34,37)(H,35,36)(H,38,39). The van der Waals surface area contributed by atoms with Crippen LogP contribution in [0.5, 0.6) is 0 Å². The van der Waals surface area contributed by atoms with Crippen LogP contribution in [0.3, 0.4) is 0 Å². The Labute approximate surface area is 234 Å². The Balaban J connectivity index is 1.43. The van der Waals surface area contributed by atoms with Gasteiger partial charge in [0.1, 0.15) is 11.5 Å². The molecule has 5 rings (SSSR count). The number of nitrogens with one attached hydrogen (secondary N) is 2. The van der Waals surface area contributed by atoms with E-state index in [-0.39, 0.29) is 33.8 Å².